The SMILES string of the molecule is O=C(NC[C@H](O)COc1cccc(F)c1)N[C@@H]1CCCCNC1=O. The van der Waals surface area contributed by atoms with Gasteiger partial charge in [0, 0.05) is 19.2 Å². The van der Waals surface area contributed by atoms with Crippen LogP contribution < -0.4 is 20.7 Å². The van der Waals surface area contributed by atoms with Crippen LogP contribution in [0.3, 0.4) is 0 Å². The van der Waals surface area contributed by atoms with Crippen LogP contribution in [0, 0.1) is 5.82 Å². The molecular weight excluding hydrogens is 317 g/mol. The molecule has 0 aromatic heterocycles. The molecule has 8 heteroatoms. The molecule has 1 aromatic carbocycles. The number of halogens is 1. The van der Waals surface area contributed by atoms with E-state index in [1.165, 1.54) is 18.2 Å². The second-order valence-corrected chi connectivity index (χ2v) is 5.62. The highest BCUT2D eigenvalue weighted by Crippen LogP contribution is 2.12. The van der Waals surface area contributed by atoms with Crippen LogP contribution in [0.1, 0.15) is 19.3 Å². The molecule has 0 spiro atoms. The average molecular weight is 339 g/mol. The van der Waals surface area contributed by atoms with E-state index in [9.17, 15) is 19.1 Å². The first-order valence-electron chi connectivity index (χ1n) is 7.93. The molecule has 2 rings (SSSR count). The van der Waals surface area contributed by atoms with Crippen molar-refractivity contribution in [1.82, 2.24) is 16.0 Å². The third-order valence-corrected chi connectivity index (χ3v) is 3.58. The van der Waals surface area contributed by atoms with Crippen molar-refractivity contribution in [1.29, 1.82) is 0 Å². The summed E-state index contributed by atoms with van der Waals surface area (Å²) in [5.41, 5.74) is 0. The Morgan fingerprint density at radius 2 is 2.29 bits per heavy atom. The highest BCUT2D eigenvalue weighted by molar-refractivity contribution is 5.87. The molecule has 1 saturated heterocycles. The first-order valence-corrected chi connectivity index (χ1v) is 7.93. The van der Waals surface area contributed by atoms with Crippen molar-refractivity contribution in [3.8, 4) is 5.75 Å². The number of hydrogen-bond donors (Lipinski definition) is 4. The van der Waals surface area contributed by atoms with Crippen molar-refractivity contribution in [3.63, 3.8) is 0 Å². The normalized spacial score (nSPS) is 18.9. The van der Waals surface area contributed by atoms with Crippen molar-refractivity contribution >= 4 is 11.9 Å². The van der Waals surface area contributed by atoms with Crippen LogP contribution in [0.15, 0.2) is 24.3 Å². The summed E-state index contributed by atoms with van der Waals surface area (Å²) >= 11 is 0. The van der Waals surface area contributed by atoms with Gasteiger partial charge in [-0.2, -0.15) is 0 Å². The third kappa shape index (κ3) is 6.04. The Labute approximate surface area is 139 Å². The Morgan fingerprint density at radius 1 is 1.46 bits per heavy atom. The summed E-state index contributed by atoms with van der Waals surface area (Å²) < 4.78 is 18.2. The van der Waals surface area contributed by atoms with E-state index in [1.54, 1.807) is 6.07 Å². The number of amides is 3. The number of carbonyl (C=O) groups is 2. The molecule has 1 aliphatic rings. The van der Waals surface area contributed by atoms with Crippen LogP contribution in [0.4, 0.5) is 9.18 Å². The van der Waals surface area contributed by atoms with E-state index < -0.39 is 24.0 Å². The predicted octanol–water partition coefficient (Wildman–Crippen LogP) is 0.533. The van der Waals surface area contributed by atoms with Crippen molar-refractivity contribution in [2.24, 2.45) is 0 Å². The molecule has 1 heterocycles. The number of aliphatic hydroxyl groups is 1. The second kappa shape index (κ2) is 9.07. The molecule has 3 amide bonds. The van der Waals surface area contributed by atoms with Crippen LogP contribution in [-0.2, 0) is 4.79 Å². The van der Waals surface area contributed by atoms with Crippen LogP contribution in [0.2, 0.25) is 0 Å². The first-order chi connectivity index (χ1) is 11.5. The van der Waals surface area contributed by atoms with Gasteiger partial charge < -0.3 is 25.8 Å². The molecule has 4 N–H and O–H groups in total. The quantitative estimate of drug-likeness (QED) is 0.608. The molecule has 1 aliphatic heterocycles. The smallest absolute Gasteiger partial charge is 0.315 e. The van der Waals surface area contributed by atoms with Crippen molar-refractivity contribution < 1.29 is 23.8 Å². The van der Waals surface area contributed by atoms with E-state index in [2.05, 4.69) is 16.0 Å². The Balaban J connectivity index is 1.68. The van der Waals surface area contributed by atoms with Crippen LogP contribution >= 0.6 is 0 Å². The highest BCUT2D eigenvalue weighted by Gasteiger charge is 2.22. The maximum atomic E-state index is 13.0. The summed E-state index contributed by atoms with van der Waals surface area (Å²) in [6.45, 7) is 0.484. The fraction of sp³-hybridized carbons (Fsp3) is 0.500. The van der Waals surface area contributed by atoms with Crippen molar-refractivity contribution in [2.45, 2.75) is 31.4 Å². The molecule has 24 heavy (non-hydrogen) atoms. The van der Waals surface area contributed by atoms with E-state index in [0.717, 1.165) is 12.8 Å². The molecule has 0 saturated carbocycles. The molecule has 0 aliphatic carbocycles. The van der Waals surface area contributed by atoms with Gasteiger partial charge in [0.2, 0.25) is 5.91 Å². The number of benzene rings is 1. The summed E-state index contributed by atoms with van der Waals surface area (Å²) in [5.74, 6) is -0.326. The predicted molar refractivity (Wildman–Crippen MR) is 85.1 cm³/mol. The van der Waals surface area contributed by atoms with Crippen LogP contribution in [0.25, 0.3) is 0 Å². The Morgan fingerprint density at radius 3 is 3.08 bits per heavy atom. The first kappa shape index (κ1) is 18.0. The minimum absolute atomic E-state index is 0.0461. The van der Waals surface area contributed by atoms with Gasteiger partial charge in [-0.3, -0.25) is 4.79 Å². The number of nitrogens with one attached hydrogen (secondary N) is 3. The molecule has 0 bridgehead atoms. The number of hydrogen-bond acceptors (Lipinski definition) is 4. The van der Waals surface area contributed by atoms with E-state index in [4.69, 9.17) is 4.74 Å². The van der Waals surface area contributed by atoms with E-state index in [0.29, 0.717) is 18.7 Å². The Kier molecular flexibility index (Phi) is 6.80. The lowest BCUT2D eigenvalue weighted by atomic mass is 10.1. The van der Waals surface area contributed by atoms with Crippen molar-refractivity contribution in [2.75, 3.05) is 19.7 Å². The maximum absolute atomic E-state index is 13.0. The number of rotatable bonds is 6. The van der Waals surface area contributed by atoms with Gasteiger partial charge in [0.1, 0.15) is 30.3 Å². The monoisotopic (exact) mass is 339 g/mol. The van der Waals surface area contributed by atoms with E-state index in [-0.39, 0.29) is 19.1 Å². The minimum atomic E-state index is -0.957. The van der Waals surface area contributed by atoms with Crippen LogP contribution in [-0.4, -0.2) is 48.9 Å². The zero-order chi connectivity index (χ0) is 17.4. The van der Waals surface area contributed by atoms with Gasteiger partial charge in [0.25, 0.3) is 0 Å². The summed E-state index contributed by atoms with van der Waals surface area (Å²) in [6, 6.07) is 4.48. The summed E-state index contributed by atoms with van der Waals surface area (Å²) in [5, 5.41) is 17.6. The molecular formula is C16H22FN3O4. The van der Waals surface area contributed by atoms with Gasteiger partial charge in [-0.05, 0) is 31.4 Å². The largest absolute Gasteiger partial charge is 0.491 e. The molecule has 2 atom stereocenters. The molecule has 0 radical (unpaired) electrons. The number of ether oxygens (including phenoxy) is 1. The third-order valence-electron chi connectivity index (χ3n) is 3.58. The molecule has 132 valence electrons. The van der Waals surface area contributed by atoms with Crippen molar-refractivity contribution in [3.05, 3.63) is 30.1 Å². The van der Waals surface area contributed by atoms with E-state index in [1.807, 2.05) is 0 Å². The number of aliphatic hydroxyl groups excluding tert-OH is 1. The topological polar surface area (TPSA) is 99.7 Å². The lowest BCUT2D eigenvalue weighted by Crippen LogP contribution is -2.50. The van der Waals surface area contributed by atoms with Gasteiger partial charge in [-0.1, -0.05) is 6.07 Å². The van der Waals surface area contributed by atoms with Crippen LogP contribution in [0.5, 0.6) is 5.75 Å². The molecule has 7 nitrogen and oxygen atoms in total. The standard InChI is InChI=1S/C16H22FN3O4/c17-11-4-3-5-13(8-11)24-10-12(21)9-19-16(23)20-14-6-1-2-7-18-15(14)22/h3-5,8,12,14,21H,1-2,6-7,9-10H2,(H,18,22)(H2,19,20,23)/t12-,14+/m0/s1. The second-order valence-electron chi connectivity index (χ2n) is 5.62. The lowest BCUT2D eigenvalue weighted by Gasteiger charge is -2.17. The fourth-order valence-electron chi connectivity index (χ4n) is 2.30. The Hall–Kier alpha value is -2.35. The zero-order valence-electron chi connectivity index (χ0n) is 13.3. The number of carbonyl (C=O) groups excluding carboxylic acids is 2. The molecule has 1 aromatic rings. The highest BCUT2D eigenvalue weighted by atomic mass is 19.1. The minimum Gasteiger partial charge on any atom is -0.491 e. The lowest BCUT2D eigenvalue weighted by molar-refractivity contribution is -0.122. The van der Waals surface area contributed by atoms with Gasteiger partial charge >= 0.3 is 6.03 Å². The Bertz CT molecular complexity index is 570. The number of urea groups is 1. The summed E-state index contributed by atoms with van der Waals surface area (Å²) in [4.78, 5) is 23.5. The van der Waals surface area contributed by atoms with E-state index >= 15 is 0 Å². The molecule has 0 unspecified atom stereocenters. The molecule has 1 fully saturated rings. The zero-order valence-corrected chi connectivity index (χ0v) is 13.3. The fourth-order valence-corrected chi connectivity index (χ4v) is 2.30. The average Bonchev–Trinajstić information content (AvgIpc) is 2.76. The van der Waals surface area contributed by atoms with Gasteiger partial charge in [-0.15, -0.1) is 0 Å². The maximum Gasteiger partial charge on any atom is 0.315 e. The summed E-state index contributed by atoms with van der Waals surface area (Å²) in [7, 11) is 0. The van der Waals surface area contributed by atoms with Gasteiger partial charge in [0.15, 0.2) is 0 Å². The van der Waals surface area contributed by atoms with Gasteiger partial charge in [0.05, 0.1) is 0 Å². The summed E-state index contributed by atoms with van der Waals surface area (Å²) in [6.07, 6.45) is 1.38. The van der Waals surface area contributed by atoms with Gasteiger partial charge in [-0.25, -0.2) is 9.18 Å².